The van der Waals surface area contributed by atoms with Gasteiger partial charge in [-0.1, -0.05) is 19.1 Å². The second kappa shape index (κ2) is 7.52. The predicted molar refractivity (Wildman–Crippen MR) is 93.4 cm³/mol. The average Bonchev–Trinajstić information content (AvgIpc) is 2.57. The average molecular weight is 305 g/mol. The highest BCUT2D eigenvalue weighted by atomic mass is 32.2. The van der Waals surface area contributed by atoms with Crippen LogP contribution in [0.3, 0.4) is 0 Å². The Morgan fingerprint density at radius 3 is 2.10 bits per heavy atom. The van der Waals surface area contributed by atoms with E-state index in [4.69, 9.17) is 0 Å². The van der Waals surface area contributed by atoms with Crippen LogP contribution in [0.15, 0.2) is 24.3 Å². The van der Waals surface area contributed by atoms with Crippen LogP contribution in [0.2, 0.25) is 0 Å². The Labute approximate surface area is 133 Å². The van der Waals surface area contributed by atoms with E-state index in [1.54, 1.807) is 0 Å². The van der Waals surface area contributed by atoms with Crippen molar-refractivity contribution in [3.05, 3.63) is 29.8 Å². The summed E-state index contributed by atoms with van der Waals surface area (Å²) in [4.78, 5) is 7.63. The molecular weight excluding hydrogens is 278 g/mol. The van der Waals surface area contributed by atoms with Crippen molar-refractivity contribution in [1.82, 2.24) is 9.80 Å². The number of hydrogen-bond acceptors (Lipinski definition) is 4. The molecule has 3 rings (SSSR count). The molecule has 0 radical (unpaired) electrons. The molecular formula is C17H27N3S. The van der Waals surface area contributed by atoms with Crippen LogP contribution in [-0.4, -0.2) is 67.1 Å². The first-order valence-corrected chi connectivity index (χ1v) is 9.37. The molecule has 0 unspecified atom stereocenters. The van der Waals surface area contributed by atoms with Crippen molar-refractivity contribution in [2.24, 2.45) is 0 Å². The van der Waals surface area contributed by atoms with Crippen molar-refractivity contribution in [1.29, 1.82) is 0 Å². The summed E-state index contributed by atoms with van der Waals surface area (Å²) in [6.07, 6.45) is 0. The highest BCUT2D eigenvalue weighted by Crippen LogP contribution is 2.20. The number of rotatable bonds is 4. The van der Waals surface area contributed by atoms with Gasteiger partial charge in [-0.05, 0) is 24.2 Å². The van der Waals surface area contributed by atoms with Crippen molar-refractivity contribution in [2.75, 3.05) is 62.2 Å². The van der Waals surface area contributed by atoms with E-state index in [9.17, 15) is 0 Å². The maximum Gasteiger partial charge on any atom is 0.0366 e. The normalized spacial score (nSPS) is 21.7. The van der Waals surface area contributed by atoms with Crippen LogP contribution in [0.4, 0.5) is 5.69 Å². The van der Waals surface area contributed by atoms with Crippen LogP contribution in [0.25, 0.3) is 0 Å². The van der Waals surface area contributed by atoms with Crippen LogP contribution in [0, 0.1) is 0 Å². The fourth-order valence-corrected chi connectivity index (χ4v) is 4.06. The summed E-state index contributed by atoms with van der Waals surface area (Å²) in [5, 5.41) is 0. The van der Waals surface area contributed by atoms with E-state index < -0.39 is 0 Å². The number of anilines is 1. The second-order valence-corrected chi connectivity index (χ2v) is 7.20. The van der Waals surface area contributed by atoms with Crippen molar-refractivity contribution in [3.63, 3.8) is 0 Å². The molecule has 3 nitrogen and oxygen atoms in total. The predicted octanol–water partition coefficient (Wildman–Crippen LogP) is 2.38. The van der Waals surface area contributed by atoms with E-state index in [1.165, 1.54) is 68.6 Å². The topological polar surface area (TPSA) is 9.72 Å². The fraction of sp³-hybridized carbons (Fsp3) is 0.647. The third kappa shape index (κ3) is 4.15. The summed E-state index contributed by atoms with van der Waals surface area (Å²) >= 11 is 2.07. The lowest BCUT2D eigenvalue weighted by molar-refractivity contribution is 0.132. The lowest BCUT2D eigenvalue weighted by atomic mass is 10.1. The number of thioether (sulfide) groups is 1. The van der Waals surface area contributed by atoms with E-state index in [2.05, 4.69) is 57.7 Å². The number of piperazine rings is 1. The zero-order valence-corrected chi connectivity index (χ0v) is 13.9. The van der Waals surface area contributed by atoms with Crippen LogP contribution in [-0.2, 0) is 6.54 Å². The lowest BCUT2D eigenvalue weighted by Crippen LogP contribution is -2.45. The second-order valence-electron chi connectivity index (χ2n) is 5.98. The molecule has 2 aliphatic rings. The minimum Gasteiger partial charge on any atom is -0.370 e. The van der Waals surface area contributed by atoms with Gasteiger partial charge < -0.3 is 9.80 Å². The van der Waals surface area contributed by atoms with Gasteiger partial charge in [0.25, 0.3) is 0 Å². The Balaban J connectivity index is 1.52. The highest BCUT2D eigenvalue weighted by Gasteiger charge is 2.16. The van der Waals surface area contributed by atoms with Gasteiger partial charge in [0.2, 0.25) is 0 Å². The molecule has 0 atom stereocenters. The number of likely N-dealkylation sites (N-methyl/N-ethyl adjacent to an activating group) is 1. The fourth-order valence-electron chi connectivity index (χ4n) is 3.16. The summed E-state index contributed by atoms with van der Waals surface area (Å²) in [7, 11) is 0. The molecule has 0 spiro atoms. The van der Waals surface area contributed by atoms with Gasteiger partial charge in [-0.2, -0.15) is 11.8 Å². The molecule has 21 heavy (non-hydrogen) atoms. The first-order chi connectivity index (χ1) is 10.3. The molecule has 2 heterocycles. The molecule has 2 saturated heterocycles. The molecule has 1 aromatic rings. The molecule has 0 aliphatic carbocycles. The quantitative estimate of drug-likeness (QED) is 0.844. The molecule has 0 saturated carbocycles. The number of benzene rings is 1. The van der Waals surface area contributed by atoms with Gasteiger partial charge >= 0.3 is 0 Å². The molecule has 0 amide bonds. The van der Waals surface area contributed by atoms with E-state index in [-0.39, 0.29) is 0 Å². The maximum atomic E-state index is 2.58. The summed E-state index contributed by atoms with van der Waals surface area (Å²) < 4.78 is 0. The molecule has 0 aromatic heterocycles. The van der Waals surface area contributed by atoms with E-state index in [1.807, 2.05) is 0 Å². The Morgan fingerprint density at radius 2 is 1.48 bits per heavy atom. The van der Waals surface area contributed by atoms with Crippen molar-refractivity contribution in [3.8, 4) is 0 Å². The van der Waals surface area contributed by atoms with Crippen molar-refractivity contribution >= 4 is 17.4 Å². The third-order valence-corrected chi connectivity index (χ3v) is 5.57. The van der Waals surface area contributed by atoms with Crippen LogP contribution < -0.4 is 4.90 Å². The summed E-state index contributed by atoms with van der Waals surface area (Å²) in [6, 6.07) is 9.27. The number of hydrogen-bond donors (Lipinski definition) is 0. The van der Waals surface area contributed by atoms with E-state index in [0.717, 1.165) is 6.54 Å². The van der Waals surface area contributed by atoms with Gasteiger partial charge in [0.05, 0.1) is 0 Å². The molecule has 2 aliphatic heterocycles. The molecule has 116 valence electrons. The van der Waals surface area contributed by atoms with Gasteiger partial charge in [0.1, 0.15) is 0 Å². The van der Waals surface area contributed by atoms with Crippen LogP contribution in [0.5, 0.6) is 0 Å². The third-order valence-electron chi connectivity index (χ3n) is 4.63. The van der Waals surface area contributed by atoms with E-state index >= 15 is 0 Å². The van der Waals surface area contributed by atoms with Crippen LogP contribution >= 0.6 is 11.8 Å². The SMILES string of the molecule is CCN1CCN(Cc2ccc(N3CCSCC3)cc2)CC1. The molecule has 1 aromatic carbocycles. The van der Waals surface area contributed by atoms with Gasteiger partial charge in [-0.25, -0.2) is 0 Å². The van der Waals surface area contributed by atoms with Gasteiger partial charge in [0.15, 0.2) is 0 Å². The van der Waals surface area contributed by atoms with E-state index in [0.29, 0.717) is 0 Å². The standard InChI is InChI=1S/C17H27N3S/c1-2-18-7-9-19(10-8-18)15-16-3-5-17(6-4-16)20-11-13-21-14-12-20/h3-6H,2,7-15H2,1H3. The Bertz CT molecular complexity index is 420. The lowest BCUT2D eigenvalue weighted by Gasteiger charge is -2.34. The molecule has 0 bridgehead atoms. The Kier molecular flexibility index (Phi) is 5.44. The minimum atomic E-state index is 1.10. The van der Waals surface area contributed by atoms with Gasteiger partial charge in [0, 0.05) is 63.0 Å². The first-order valence-electron chi connectivity index (χ1n) is 8.21. The zero-order valence-electron chi connectivity index (χ0n) is 13.1. The smallest absolute Gasteiger partial charge is 0.0366 e. The maximum absolute atomic E-state index is 2.58. The van der Waals surface area contributed by atoms with Crippen LogP contribution in [0.1, 0.15) is 12.5 Å². The largest absolute Gasteiger partial charge is 0.370 e. The first kappa shape index (κ1) is 15.2. The summed E-state index contributed by atoms with van der Waals surface area (Å²) in [5.74, 6) is 2.53. The van der Waals surface area contributed by atoms with Crippen molar-refractivity contribution in [2.45, 2.75) is 13.5 Å². The summed E-state index contributed by atoms with van der Waals surface area (Å²) in [6.45, 7) is 11.8. The Morgan fingerprint density at radius 1 is 0.857 bits per heavy atom. The zero-order chi connectivity index (χ0) is 14.5. The van der Waals surface area contributed by atoms with Gasteiger partial charge in [-0.15, -0.1) is 0 Å². The Hall–Kier alpha value is -0.710. The molecule has 2 fully saturated rings. The monoisotopic (exact) mass is 305 g/mol. The molecule has 4 heteroatoms. The highest BCUT2D eigenvalue weighted by molar-refractivity contribution is 7.99. The van der Waals surface area contributed by atoms with Crippen molar-refractivity contribution < 1.29 is 0 Å². The molecule has 0 N–H and O–H groups in total. The summed E-state index contributed by atoms with van der Waals surface area (Å²) in [5.41, 5.74) is 2.85. The minimum absolute atomic E-state index is 1.10. The number of nitrogens with zero attached hydrogens (tertiary/aromatic N) is 3. The van der Waals surface area contributed by atoms with Gasteiger partial charge in [-0.3, -0.25) is 4.90 Å².